The van der Waals surface area contributed by atoms with E-state index in [9.17, 15) is 24.0 Å². The van der Waals surface area contributed by atoms with Crippen molar-refractivity contribution in [3.8, 4) is 0 Å². The summed E-state index contributed by atoms with van der Waals surface area (Å²) in [5, 5.41) is 2.48. The zero-order chi connectivity index (χ0) is 41.4. The molecule has 1 heterocycles. The summed E-state index contributed by atoms with van der Waals surface area (Å²) in [5.41, 5.74) is 8.70. The fourth-order valence-electron chi connectivity index (χ4n) is 5.94. The van der Waals surface area contributed by atoms with Crippen molar-refractivity contribution >= 4 is 30.0 Å². The lowest BCUT2D eigenvalue weighted by atomic mass is 9.96. The summed E-state index contributed by atoms with van der Waals surface area (Å²) in [5.74, 6) is -3.19. The molecule has 6 atom stereocenters. The molecule has 14 nitrogen and oxygen atoms in total. The Kier molecular flexibility index (Phi) is 14.9. The van der Waals surface area contributed by atoms with Crippen LogP contribution in [-0.2, 0) is 51.2 Å². The Morgan fingerprint density at radius 2 is 1.00 bits per heavy atom. The Balaban J connectivity index is 1.25. The molecule has 1 aliphatic heterocycles. The first kappa shape index (κ1) is 41.8. The lowest BCUT2D eigenvalue weighted by Crippen LogP contribution is -2.65. The van der Waals surface area contributed by atoms with Crippen LogP contribution in [0.5, 0.6) is 0 Å². The van der Waals surface area contributed by atoms with Crippen LogP contribution in [0.1, 0.15) is 42.2 Å². The Labute approximate surface area is 340 Å². The van der Waals surface area contributed by atoms with Gasteiger partial charge in [0.25, 0.3) is 0 Å². The minimum absolute atomic E-state index is 0.0865. The number of benzene rings is 5. The van der Waals surface area contributed by atoms with Crippen molar-refractivity contribution in [3.63, 3.8) is 0 Å². The van der Waals surface area contributed by atoms with Crippen molar-refractivity contribution in [1.29, 1.82) is 0 Å². The second-order valence-electron chi connectivity index (χ2n) is 13.2. The normalized spacial score (nSPS) is 19.0. The summed E-state index contributed by atoms with van der Waals surface area (Å²) in [4.78, 5) is 66.7. The molecule has 0 aromatic heterocycles. The van der Waals surface area contributed by atoms with Gasteiger partial charge < -0.3 is 44.2 Å². The zero-order valence-electron chi connectivity index (χ0n) is 31.7. The average Bonchev–Trinajstić information content (AvgIpc) is 3.28. The van der Waals surface area contributed by atoms with E-state index < -0.39 is 79.9 Å². The third-order valence-corrected chi connectivity index (χ3v) is 9.03. The molecule has 1 amide bonds. The van der Waals surface area contributed by atoms with Crippen LogP contribution in [0.15, 0.2) is 152 Å². The number of nitrogens with one attached hydrogen (secondary N) is 1. The van der Waals surface area contributed by atoms with E-state index in [1.54, 1.807) is 115 Å². The summed E-state index contributed by atoms with van der Waals surface area (Å²) in [7, 11) is 0. The molecule has 1 aliphatic rings. The number of esters is 4. The molecule has 0 saturated carbocycles. The molecule has 0 unspecified atom stereocenters. The molecular formula is C45H42N2O12. The van der Waals surface area contributed by atoms with Gasteiger partial charge in [0.15, 0.2) is 24.5 Å². The van der Waals surface area contributed by atoms with Gasteiger partial charge in [-0.2, -0.15) is 0 Å². The molecule has 0 spiro atoms. The lowest BCUT2D eigenvalue weighted by molar-refractivity contribution is -0.265. The Bertz CT molecular complexity index is 2130. The molecule has 0 bridgehead atoms. The van der Waals surface area contributed by atoms with E-state index in [0.717, 1.165) is 0 Å². The average molecular weight is 803 g/mol. The van der Waals surface area contributed by atoms with Crippen LogP contribution in [-0.4, -0.2) is 79.9 Å². The maximum Gasteiger partial charge on any atom is 0.408 e. The molecule has 304 valence electrons. The van der Waals surface area contributed by atoms with Crippen molar-refractivity contribution < 1.29 is 57.1 Å². The van der Waals surface area contributed by atoms with Gasteiger partial charge in [-0.25, -0.2) is 24.0 Å². The quantitative estimate of drug-likeness (QED) is 0.0955. The van der Waals surface area contributed by atoms with Gasteiger partial charge in [-0.1, -0.05) is 115 Å². The summed E-state index contributed by atoms with van der Waals surface area (Å²) < 4.78 is 40.7. The largest absolute Gasteiger partial charge is 0.459 e. The Morgan fingerprint density at radius 3 is 1.51 bits per heavy atom. The number of ether oxygens (including phenoxy) is 7. The number of nitrogens with two attached hydrogens (primary N) is 1. The summed E-state index contributed by atoms with van der Waals surface area (Å²) >= 11 is 0. The molecule has 0 radical (unpaired) electrons. The summed E-state index contributed by atoms with van der Waals surface area (Å²) in [6.45, 7) is -1.29. The fourth-order valence-corrected chi connectivity index (χ4v) is 5.94. The van der Waals surface area contributed by atoms with Crippen molar-refractivity contribution in [2.75, 3.05) is 13.2 Å². The number of rotatable bonds is 16. The first-order valence-corrected chi connectivity index (χ1v) is 18.7. The molecule has 14 heteroatoms. The third-order valence-electron chi connectivity index (χ3n) is 9.03. The van der Waals surface area contributed by atoms with Crippen molar-refractivity contribution in [3.05, 3.63) is 179 Å². The number of alkyl carbamates (subject to hydrolysis) is 1. The molecule has 6 rings (SSSR count). The first-order valence-electron chi connectivity index (χ1n) is 18.7. The second kappa shape index (κ2) is 21.0. The Hall–Kier alpha value is -6.87. The van der Waals surface area contributed by atoms with Crippen molar-refractivity contribution in [1.82, 2.24) is 5.32 Å². The van der Waals surface area contributed by atoms with E-state index in [1.165, 1.54) is 24.3 Å². The second-order valence-corrected chi connectivity index (χ2v) is 13.2. The molecule has 59 heavy (non-hydrogen) atoms. The fraction of sp³-hybridized carbons (Fsp3) is 0.222. The molecule has 5 aromatic rings. The van der Waals surface area contributed by atoms with Gasteiger partial charge in [-0.15, -0.1) is 0 Å². The summed E-state index contributed by atoms with van der Waals surface area (Å²) in [6.07, 6.45) is -6.67. The van der Waals surface area contributed by atoms with Gasteiger partial charge in [0, 0.05) is 0 Å². The maximum absolute atomic E-state index is 13.5. The van der Waals surface area contributed by atoms with E-state index in [0.29, 0.717) is 11.1 Å². The van der Waals surface area contributed by atoms with Crippen LogP contribution in [0.4, 0.5) is 4.79 Å². The van der Waals surface area contributed by atoms with Crippen LogP contribution < -0.4 is 11.1 Å². The minimum atomic E-state index is -1.50. The van der Waals surface area contributed by atoms with E-state index in [4.69, 9.17) is 38.9 Å². The van der Waals surface area contributed by atoms with Crippen LogP contribution in [0.2, 0.25) is 0 Å². The highest BCUT2D eigenvalue weighted by Crippen LogP contribution is 2.28. The van der Waals surface area contributed by atoms with Gasteiger partial charge in [-0.05, 0) is 47.5 Å². The number of amides is 1. The molecule has 1 saturated heterocycles. The zero-order valence-corrected chi connectivity index (χ0v) is 31.7. The lowest BCUT2D eigenvalue weighted by Gasteiger charge is -2.43. The third kappa shape index (κ3) is 12.1. The maximum atomic E-state index is 13.5. The highest BCUT2D eigenvalue weighted by Gasteiger charge is 2.50. The molecule has 1 fully saturated rings. The SMILES string of the molecule is N[C@H]1[C@H](OC[C@H](NC(=O)OCc2ccccc2)C(=O)OCc2ccccc2)O[C@H](COC(=O)c2ccccc2)[C@@H](OC(=O)c2ccccc2)[C@@H]1OC(=O)c1ccccc1. The van der Waals surface area contributed by atoms with Gasteiger partial charge >= 0.3 is 30.0 Å². The first-order chi connectivity index (χ1) is 28.7. The summed E-state index contributed by atoms with van der Waals surface area (Å²) in [6, 6.07) is 39.3. The van der Waals surface area contributed by atoms with Gasteiger partial charge in [0.05, 0.1) is 29.3 Å². The number of carbonyl (C=O) groups excluding carboxylic acids is 5. The molecule has 0 aliphatic carbocycles. The van der Waals surface area contributed by atoms with Crippen LogP contribution in [0, 0.1) is 0 Å². The smallest absolute Gasteiger partial charge is 0.408 e. The van der Waals surface area contributed by atoms with E-state index in [1.807, 2.05) is 12.1 Å². The van der Waals surface area contributed by atoms with E-state index in [2.05, 4.69) is 5.32 Å². The molecule has 5 aromatic carbocycles. The van der Waals surface area contributed by atoms with Gasteiger partial charge in [0.1, 0.15) is 25.9 Å². The minimum Gasteiger partial charge on any atom is -0.459 e. The van der Waals surface area contributed by atoms with Crippen molar-refractivity contribution in [2.24, 2.45) is 5.73 Å². The van der Waals surface area contributed by atoms with Gasteiger partial charge in [-0.3, -0.25) is 0 Å². The van der Waals surface area contributed by atoms with Crippen LogP contribution >= 0.6 is 0 Å². The van der Waals surface area contributed by atoms with Crippen LogP contribution in [0.25, 0.3) is 0 Å². The molecular weight excluding hydrogens is 760 g/mol. The predicted molar refractivity (Wildman–Crippen MR) is 210 cm³/mol. The Morgan fingerprint density at radius 1 is 0.559 bits per heavy atom. The van der Waals surface area contributed by atoms with Crippen LogP contribution in [0.3, 0.4) is 0 Å². The number of hydrogen-bond donors (Lipinski definition) is 2. The predicted octanol–water partition coefficient (Wildman–Crippen LogP) is 5.40. The van der Waals surface area contributed by atoms with E-state index >= 15 is 0 Å². The van der Waals surface area contributed by atoms with Gasteiger partial charge in [0.2, 0.25) is 0 Å². The number of carbonyl (C=O) groups is 5. The highest BCUT2D eigenvalue weighted by atomic mass is 16.7. The topological polar surface area (TPSA) is 188 Å². The standard InChI is InChI=1S/C45H42N2O12/c46-37-39(59-42(50)34-24-14-5-15-25-34)38(58-41(49)33-22-12-4-13-23-33)36(29-54-40(48)32-20-10-3-11-21-32)57-44(37)55-28-35(43(51)53-26-30-16-6-1-7-17-30)47-45(52)56-27-31-18-8-2-9-19-31/h1-25,35-39,44H,26-29,46H2,(H,47,52)/t35-,36+,37+,38+,39+,44+/m0/s1. The number of hydrogen-bond acceptors (Lipinski definition) is 13. The van der Waals surface area contributed by atoms with Crippen molar-refractivity contribution in [2.45, 2.75) is 49.9 Å². The highest BCUT2D eigenvalue weighted by molar-refractivity contribution is 5.91. The monoisotopic (exact) mass is 802 g/mol. The van der Waals surface area contributed by atoms with E-state index in [-0.39, 0.29) is 29.9 Å². The molecule has 3 N–H and O–H groups in total.